The van der Waals surface area contributed by atoms with Gasteiger partial charge in [-0.25, -0.2) is 0 Å². The molecule has 0 fully saturated rings. The Morgan fingerprint density at radius 2 is 2.05 bits per heavy atom. The first-order valence-electron chi connectivity index (χ1n) is 6.36. The lowest BCUT2D eigenvalue weighted by Crippen LogP contribution is -2.30. The average molecular weight is 301 g/mol. The number of aliphatic carboxylic acids is 1. The predicted molar refractivity (Wildman–Crippen MR) is 79.2 cm³/mol. The molecule has 0 saturated heterocycles. The van der Waals surface area contributed by atoms with Crippen molar-refractivity contribution < 1.29 is 14.7 Å². The van der Waals surface area contributed by atoms with Crippen LogP contribution in [0.2, 0.25) is 0 Å². The summed E-state index contributed by atoms with van der Waals surface area (Å²) in [5, 5.41) is 8.66. The first-order valence-corrected chi connectivity index (χ1v) is 6.36. The minimum absolute atomic E-state index is 0. The Morgan fingerprint density at radius 3 is 2.60 bits per heavy atom. The summed E-state index contributed by atoms with van der Waals surface area (Å²) >= 11 is 0. The maximum Gasteiger partial charge on any atom is 0.320 e. The van der Waals surface area contributed by atoms with E-state index >= 15 is 0 Å². The summed E-state index contributed by atoms with van der Waals surface area (Å²) in [6, 6.07) is 2.44. The second kappa shape index (κ2) is 8.66. The molecule has 20 heavy (non-hydrogen) atoms. The van der Waals surface area contributed by atoms with E-state index < -0.39 is 12.0 Å². The quantitative estimate of drug-likeness (QED) is 0.752. The van der Waals surface area contributed by atoms with Crippen LogP contribution in [0.1, 0.15) is 42.7 Å². The highest BCUT2D eigenvalue weighted by molar-refractivity contribution is 5.96. The van der Waals surface area contributed by atoms with Crippen LogP contribution in [-0.2, 0) is 11.2 Å². The van der Waals surface area contributed by atoms with Gasteiger partial charge in [0.15, 0.2) is 5.78 Å². The SMILES string of the molecule is CC(C)Cc1cc(C(=O)CCC(N)C(=O)O)ccn1.Cl. The summed E-state index contributed by atoms with van der Waals surface area (Å²) in [6.45, 7) is 4.17. The summed E-state index contributed by atoms with van der Waals surface area (Å²) in [5.41, 5.74) is 6.83. The van der Waals surface area contributed by atoms with Gasteiger partial charge >= 0.3 is 5.97 Å². The molecule has 1 aromatic heterocycles. The molecule has 0 radical (unpaired) electrons. The average Bonchev–Trinajstić information content (AvgIpc) is 2.34. The summed E-state index contributed by atoms with van der Waals surface area (Å²) in [7, 11) is 0. The molecule has 1 rings (SSSR count). The lowest BCUT2D eigenvalue weighted by molar-refractivity contribution is -0.138. The molecule has 1 aromatic rings. The molecule has 0 saturated carbocycles. The molecule has 0 aliphatic rings. The number of ketones is 1. The minimum atomic E-state index is -1.08. The number of hydrogen-bond acceptors (Lipinski definition) is 4. The molecule has 1 atom stereocenters. The molecule has 112 valence electrons. The molecule has 0 aliphatic carbocycles. The molecule has 0 aromatic carbocycles. The third-order valence-corrected chi connectivity index (χ3v) is 2.76. The third kappa shape index (κ3) is 6.12. The molecular weight excluding hydrogens is 280 g/mol. The van der Waals surface area contributed by atoms with E-state index in [1.807, 2.05) is 0 Å². The fourth-order valence-electron chi connectivity index (χ4n) is 1.74. The molecule has 3 N–H and O–H groups in total. The van der Waals surface area contributed by atoms with Gasteiger partial charge in [0.1, 0.15) is 6.04 Å². The van der Waals surface area contributed by atoms with Gasteiger partial charge < -0.3 is 10.8 Å². The topological polar surface area (TPSA) is 93.3 Å². The zero-order valence-electron chi connectivity index (χ0n) is 11.7. The standard InChI is InChI=1S/C14H20N2O3.ClH/c1-9(2)7-11-8-10(5-6-16-11)13(17)4-3-12(15)14(18)19;/h5-6,8-9,12H,3-4,7,15H2,1-2H3,(H,18,19);1H. The highest BCUT2D eigenvalue weighted by Crippen LogP contribution is 2.11. The molecular formula is C14H21ClN2O3. The Bertz CT molecular complexity index is 463. The third-order valence-electron chi connectivity index (χ3n) is 2.76. The summed E-state index contributed by atoms with van der Waals surface area (Å²) < 4.78 is 0. The van der Waals surface area contributed by atoms with E-state index in [4.69, 9.17) is 10.8 Å². The summed E-state index contributed by atoms with van der Waals surface area (Å²) in [5.74, 6) is -0.703. The van der Waals surface area contributed by atoms with E-state index in [0.29, 0.717) is 11.5 Å². The molecule has 1 unspecified atom stereocenters. The molecule has 0 aliphatic heterocycles. The highest BCUT2D eigenvalue weighted by Gasteiger charge is 2.15. The van der Waals surface area contributed by atoms with Gasteiger partial charge in [-0.15, -0.1) is 12.4 Å². The van der Waals surface area contributed by atoms with Crippen LogP contribution >= 0.6 is 12.4 Å². The predicted octanol–water partition coefficient (Wildman–Crippen LogP) is 2.08. The van der Waals surface area contributed by atoms with E-state index in [-0.39, 0.29) is 31.0 Å². The van der Waals surface area contributed by atoms with Crippen molar-refractivity contribution in [2.75, 3.05) is 0 Å². The van der Waals surface area contributed by atoms with Crippen molar-refractivity contribution in [1.82, 2.24) is 4.98 Å². The van der Waals surface area contributed by atoms with Crippen molar-refractivity contribution in [2.24, 2.45) is 11.7 Å². The Kier molecular flexibility index (Phi) is 8.03. The van der Waals surface area contributed by atoms with Crippen molar-refractivity contribution in [3.63, 3.8) is 0 Å². The second-order valence-electron chi connectivity index (χ2n) is 5.04. The van der Waals surface area contributed by atoms with Crippen molar-refractivity contribution in [2.45, 2.75) is 39.2 Å². The molecule has 0 amide bonds. The van der Waals surface area contributed by atoms with Crippen LogP contribution in [0.25, 0.3) is 0 Å². The minimum Gasteiger partial charge on any atom is -0.480 e. The lowest BCUT2D eigenvalue weighted by atomic mass is 10.0. The van der Waals surface area contributed by atoms with Gasteiger partial charge in [-0.3, -0.25) is 14.6 Å². The van der Waals surface area contributed by atoms with Crippen LogP contribution in [0.15, 0.2) is 18.3 Å². The lowest BCUT2D eigenvalue weighted by Gasteiger charge is -2.07. The number of nitrogens with two attached hydrogens (primary N) is 1. The Morgan fingerprint density at radius 1 is 1.40 bits per heavy atom. The number of carbonyl (C=O) groups excluding carboxylic acids is 1. The van der Waals surface area contributed by atoms with Crippen LogP contribution in [0, 0.1) is 5.92 Å². The molecule has 0 spiro atoms. The van der Waals surface area contributed by atoms with Crippen LogP contribution in [0.5, 0.6) is 0 Å². The van der Waals surface area contributed by atoms with Gasteiger partial charge in [-0.2, -0.15) is 0 Å². The number of hydrogen-bond donors (Lipinski definition) is 2. The van der Waals surface area contributed by atoms with Gasteiger partial charge in [0.05, 0.1) is 0 Å². The molecule has 6 heteroatoms. The second-order valence-corrected chi connectivity index (χ2v) is 5.04. The Labute approximate surface area is 125 Å². The number of rotatable bonds is 7. The fourth-order valence-corrected chi connectivity index (χ4v) is 1.74. The monoisotopic (exact) mass is 300 g/mol. The smallest absolute Gasteiger partial charge is 0.320 e. The van der Waals surface area contributed by atoms with Crippen LogP contribution in [-0.4, -0.2) is 27.9 Å². The summed E-state index contributed by atoms with van der Waals surface area (Å²) in [4.78, 5) is 26.7. The van der Waals surface area contributed by atoms with Crippen LogP contribution in [0.3, 0.4) is 0 Å². The van der Waals surface area contributed by atoms with Crippen LogP contribution in [0.4, 0.5) is 0 Å². The van der Waals surface area contributed by atoms with Gasteiger partial charge in [-0.1, -0.05) is 13.8 Å². The number of halogens is 1. The van der Waals surface area contributed by atoms with Crippen molar-refractivity contribution >= 4 is 24.2 Å². The van der Waals surface area contributed by atoms with Gasteiger partial charge in [0.25, 0.3) is 0 Å². The van der Waals surface area contributed by atoms with Gasteiger partial charge in [0, 0.05) is 23.9 Å². The number of carboxylic acids is 1. The van der Waals surface area contributed by atoms with E-state index in [0.717, 1.165) is 12.1 Å². The maximum atomic E-state index is 11.9. The van der Waals surface area contributed by atoms with E-state index in [2.05, 4.69) is 18.8 Å². The number of Topliss-reactive ketones (excluding diaryl/α,β-unsaturated/α-hetero) is 1. The molecule has 0 bridgehead atoms. The summed E-state index contributed by atoms with van der Waals surface area (Å²) in [6.07, 6.45) is 2.71. The first-order chi connectivity index (χ1) is 8.90. The largest absolute Gasteiger partial charge is 0.480 e. The number of aromatic nitrogens is 1. The normalized spacial score (nSPS) is 11.8. The molecule has 5 nitrogen and oxygen atoms in total. The van der Waals surface area contributed by atoms with Gasteiger partial charge in [0.2, 0.25) is 0 Å². The van der Waals surface area contributed by atoms with Gasteiger partial charge in [-0.05, 0) is 30.9 Å². The Balaban J connectivity index is 0.00000361. The zero-order chi connectivity index (χ0) is 14.4. The highest BCUT2D eigenvalue weighted by atomic mass is 35.5. The molecule has 1 heterocycles. The fraction of sp³-hybridized carbons (Fsp3) is 0.500. The van der Waals surface area contributed by atoms with E-state index in [1.165, 1.54) is 0 Å². The number of pyridine rings is 1. The number of carbonyl (C=O) groups is 2. The van der Waals surface area contributed by atoms with Crippen molar-refractivity contribution in [1.29, 1.82) is 0 Å². The Hall–Kier alpha value is -1.46. The van der Waals surface area contributed by atoms with E-state index in [1.54, 1.807) is 18.3 Å². The number of nitrogens with zero attached hydrogens (tertiary/aromatic N) is 1. The van der Waals surface area contributed by atoms with E-state index in [9.17, 15) is 9.59 Å². The van der Waals surface area contributed by atoms with Crippen molar-refractivity contribution in [3.05, 3.63) is 29.6 Å². The first kappa shape index (κ1) is 18.5. The van der Waals surface area contributed by atoms with Crippen molar-refractivity contribution in [3.8, 4) is 0 Å². The zero-order valence-corrected chi connectivity index (χ0v) is 12.5. The maximum absolute atomic E-state index is 11.9. The van der Waals surface area contributed by atoms with Crippen LogP contribution < -0.4 is 5.73 Å². The number of carboxylic acid groups (broad SMARTS) is 1.